The molecule has 1 saturated carbocycles. The van der Waals surface area contributed by atoms with Crippen LogP contribution in [0.4, 0.5) is 10.1 Å². The van der Waals surface area contributed by atoms with E-state index in [1.165, 1.54) is 11.0 Å². The van der Waals surface area contributed by atoms with Gasteiger partial charge in [0.05, 0.1) is 24.4 Å². The van der Waals surface area contributed by atoms with Gasteiger partial charge in [0, 0.05) is 35.3 Å². The van der Waals surface area contributed by atoms with Crippen LogP contribution in [0.5, 0.6) is 5.75 Å². The van der Waals surface area contributed by atoms with Gasteiger partial charge in [-0.15, -0.1) is 0 Å². The minimum atomic E-state index is -0.579. The first-order valence-corrected chi connectivity index (χ1v) is 12.9. The van der Waals surface area contributed by atoms with E-state index in [0.29, 0.717) is 39.7 Å². The number of hydrogen-bond donors (Lipinski definition) is 2. The number of pyridine rings is 2. The maximum Gasteiger partial charge on any atom is 0.265 e. The number of hydrogen-bond acceptors (Lipinski definition) is 6. The molecule has 4 heterocycles. The highest BCUT2D eigenvalue weighted by Gasteiger charge is 2.33. The van der Waals surface area contributed by atoms with Gasteiger partial charge >= 0.3 is 0 Å². The van der Waals surface area contributed by atoms with E-state index in [9.17, 15) is 9.90 Å². The summed E-state index contributed by atoms with van der Waals surface area (Å²) in [6.45, 7) is 0.0819. The van der Waals surface area contributed by atoms with Gasteiger partial charge in [0.2, 0.25) is 0 Å². The van der Waals surface area contributed by atoms with Crippen LogP contribution in [0.25, 0.3) is 33.7 Å². The number of aromatic amines is 1. The number of H-pyrrole nitrogens is 1. The minimum Gasteiger partial charge on any atom is -0.491 e. The quantitative estimate of drug-likeness (QED) is 0.328. The van der Waals surface area contributed by atoms with Crippen molar-refractivity contribution in [2.45, 2.75) is 25.4 Å². The summed E-state index contributed by atoms with van der Waals surface area (Å²) in [5.41, 5.74) is 5.34. The molecule has 1 aliphatic carbocycles. The summed E-state index contributed by atoms with van der Waals surface area (Å²) >= 11 is 0. The van der Waals surface area contributed by atoms with E-state index in [4.69, 9.17) is 4.74 Å². The van der Waals surface area contributed by atoms with E-state index in [-0.39, 0.29) is 31.1 Å². The van der Waals surface area contributed by atoms with Crippen LogP contribution in [0.3, 0.4) is 0 Å². The highest BCUT2D eigenvalue weighted by Crippen LogP contribution is 2.43. The fourth-order valence-corrected chi connectivity index (χ4v) is 5.31. The van der Waals surface area contributed by atoms with E-state index in [2.05, 4.69) is 19.9 Å². The number of imidazole rings is 1. The summed E-state index contributed by atoms with van der Waals surface area (Å²) in [6.07, 6.45) is 7.11. The first kappa shape index (κ1) is 23.5. The van der Waals surface area contributed by atoms with Crippen molar-refractivity contribution in [3.8, 4) is 28.3 Å². The third-order valence-electron chi connectivity index (χ3n) is 7.37. The standard InChI is InChI=1S/C30H24FN5O3/c31-23-13-19(17-6-7-17)14-25-26(23)30(38)36(11-12-39-25)24-5-1-4-20(22(24)16-37)21-8-10-33-29-27(21)34-28(35-29)18-3-2-9-32-15-18/h1-5,8-10,13-15,17,37H,6-7,11-12,16H2,(H,33,34,35). The minimum absolute atomic E-state index is 0.0767. The maximum atomic E-state index is 15.3. The van der Waals surface area contributed by atoms with Gasteiger partial charge in [0.1, 0.15) is 29.6 Å². The number of benzene rings is 2. The molecule has 0 spiro atoms. The second-order valence-electron chi connectivity index (χ2n) is 9.80. The Morgan fingerprint density at radius 3 is 2.79 bits per heavy atom. The van der Waals surface area contributed by atoms with Gasteiger partial charge in [0.25, 0.3) is 5.91 Å². The molecule has 1 fully saturated rings. The number of rotatable bonds is 5. The number of carbonyl (C=O) groups is 1. The molecule has 0 saturated heterocycles. The predicted octanol–water partition coefficient (Wildman–Crippen LogP) is 5.23. The van der Waals surface area contributed by atoms with Crippen molar-refractivity contribution in [1.82, 2.24) is 19.9 Å². The van der Waals surface area contributed by atoms with Crippen molar-refractivity contribution in [3.05, 3.63) is 89.6 Å². The zero-order valence-electron chi connectivity index (χ0n) is 20.9. The first-order valence-electron chi connectivity index (χ1n) is 12.9. The molecule has 0 atom stereocenters. The Balaban J connectivity index is 1.33. The summed E-state index contributed by atoms with van der Waals surface area (Å²) in [6, 6.07) is 14.3. The molecule has 194 valence electrons. The topological polar surface area (TPSA) is 104 Å². The maximum absolute atomic E-state index is 15.3. The van der Waals surface area contributed by atoms with Gasteiger partial charge in [-0.25, -0.2) is 14.4 Å². The fourth-order valence-electron chi connectivity index (χ4n) is 5.31. The van der Waals surface area contributed by atoms with Crippen molar-refractivity contribution < 1.29 is 19.0 Å². The van der Waals surface area contributed by atoms with E-state index < -0.39 is 11.7 Å². The van der Waals surface area contributed by atoms with Crippen LogP contribution in [0, 0.1) is 5.82 Å². The van der Waals surface area contributed by atoms with Crippen molar-refractivity contribution in [2.75, 3.05) is 18.1 Å². The largest absolute Gasteiger partial charge is 0.491 e. The van der Waals surface area contributed by atoms with Crippen LogP contribution in [0.2, 0.25) is 0 Å². The monoisotopic (exact) mass is 521 g/mol. The predicted molar refractivity (Wildman–Crippen MR) is 144 cm³/mol. The SMILES string of the molecule is O=C1c2c(F)cc(C3CC3)cc2OCCN1c1cccc(-c2ccnc3nc(-c4cccnc4)[nH]c23)c1CO. The Bertz CT molecular complexity index is 1730. The number of aromatic nitrogens is 4. The summed E-state index contributed by atoms with van der Waals surface area (Å²) in [7, 11) is 0. The van der Waals surface area contributed by atoms with Crippen LogP contribution in [-0.2, 0) is 6.61 Å². The van der Waals surface area contributed by atoms with Crippen LogP contribution in [0.15, 0.2) is 67.1 Å². The molecule has 2 aromatic carbocycles. The number of amides is 1. The molecule has 39 heavy (non-hydrogen) atoms. The van der Waals surface area contributed by atoms with E-state index in [0.717, 1.165) is 29.5 Å². The van der Waals surface area contributed by atoms with Crippen LogP contribution in [0.1, 0.15) is 40.2 Å². The zero-order valence-corrected chi connectivity index (χ0v) is 20.9. The summed E-state index contributed by atoms with van der Waals surface area (Å²) in [4.78, 5) is 31.8. The molecular formula is C30H24FN5O3. The molecule has 7 rings (SSSR count). The lowest BCUT2D eigenvalue weighted by molar-refractivity contribution is 0.0985. The lowest BCUT2D eigenvalue weighted by Gasteiger charge is -2.24. The highest BCUT2D eigenvalue weighted by molar-refractivity contribution is 6.09. The van der Waals surface area contributed by atoms with Gasteiger partial charge in [-0.2, -0.15) is 0 Å². The second kappa shape index (κ2) is 9.28. The molecule has 1 aliphatic heterocycles. The number of carbonyl (C=O) groups excluding carboxylic acids is 1. The summed E-state index contributed by atoms with van der Waals surface area (Å²) in [5.74, 6) is 0.164. The van der Waals surface area contributed by atoms with E-state index >= 15 is 4.39 Å². The lowest BCUT2D eigenvalue weighted by Crippen LogP contribution is -2.33. The van der Waals surface area contributed by atoms with E-state index in [1.807, 2.05) is 30.3 Å². The van der Waals surface area contributed by atoms with Gasteiger partial charge in [-0.1, -0.05) is 12.1 Å². The van der Waals surface area contributed by atoms with Crippen LogP contribution >= 0.6 is 0 Å². The molecule has 2 aliphatic rings. The Hall–Kier alpha value is -4.63. The fraction of sp³-hybridized carbons (Fsp3) is 0.200. The summed E-state index contributed by atoms with van der Waals surface area (Å²) in [5, 5.41) is 10.6. The first-order chi connectivity index (χ1) is 19.1. The molecule has 1 amide bonds. The Morgan fingerprint density at radius 1 is 1.10 bits per heavy atom. The molecule has 0 radical (unpaired) electrons. The second-order valence-corrected chi connectivity index (χ2v) is 9.80. The average molecular weight is 522 g/mol. The van der Waals surface area contributed by atoms with Gasteiger partial charge in [0.15, 0.2) is 5.65 Å². The highest BCUT2D eigenvalue weighted by atomic mass is 19.1. The normalized spacial score (nSPS) is 15.2. The third kappa shape index (κ3) is 4.02. The van der Waals surface area contributed by atoms with Crippen molar-refractivity contribution in [1.29, 1.82) is 0 Å². The van der Waals surface area contributed by atoms with Gasteiger partial charge in [-0.05, 0) is 66.3 Å². The molecule has 3 aromatic heterocycles. The molecule has 0 unspecified atom stereocenters. The average Bonchev–Trinajstić information content (AvgIpc) is 3.75. The lowest BCUT2D eigenvalue weighted by atomic mass is 9.97. The zero-order chi connectivity index (χ0) is 26.5. The van der Waals surface area contributed by atoms with E-state index in [1.54, 1.807) is 30.7 Å². The Morgan fingerprint density at radius 2 is 2.00 bits per heavy atom. The number of nitrogens with one attached hydrogen (secondary N) is 1. The third-order valence-corrected chi connectivity index (χ3v) is 7.37. The number of aliphatic hydroxyl groups excluding tert-OH is 1. The number of nitrogens with zero attached hydrogens (tertiary/aromatic N) is 4. The van der Waals surface area contributed by atoms with Gasteiger partial charge < -0.3 is 19.7 Å². The van der Waals surface area contributed by atoms with Crippen LogP contribution < -0.4 is 9.64 Å². The summed E-state index contributed by atoms with van der Waals surface area (Å²) < 4.78 is 21.2. The van der Waals surface area contributed by atoms with Crippen molar-refractivity contribution in [3.63, 3.8) is 0 Å². The number of ether oxygens (including phenoxy) is 1. The molecule has 2 N–H and O–H groups in total. The molecule has 8 nitrogen and oxygen atoms in total. The van der Waals surface area contributed by atoms with Crippen molar-refractivity contribution in [2.24, 2.45) is 0 Å². The Labute approximate surface area is 223 Å². The number of anilines is 1. The number of halogens is 1. The molecule has 9 heteroatoms. The number of aliphatic hydroxyl groups is 1. The Kier molecular flexibility index (Phi) is 5.59. The molecule has 0 bridgehead atoms. The van der Waals surface area contributed by atoms with Crippen molar-refractivity contribution >= 4 is 22.8 Å². The molecular weight excluding hydrogens is 497 g/mol. The van der Waals surface area contributed by atoms with Crippen LogP contribution in [-0.4, -0.2) is 44.1 Å². The molecule has 5 aromatic rings. The smallest absolute Gasteiger partial charge is 0.265 e. The van der Waals surface area contributed by atoms with Gasteiger partial charge in [-0.3, -0.25) is 9.78 Å². The number of fused-ring (bicyclic) bond motifs is 2.